The van der Waals surface area contributed by atoms with Crippen LogP contribution in [0.2, 0.25) is 10.0 Å². The van der Waals surface area contributed by atoms with E-state index in [-0.39, 0.29) is 15.8 Å². The highest BCUT2D eigenvalue weighted by molar-refractivity contribution is 6.37. The van der Waals surface area contributed by atoms with Gasteiger partial charge in [-0.15, -0.1) is 0 Å². The lowest BCUT2D eigenvalue weighted by Gasteiger charge is -2.08. The van der Waals surface area contributed by atoms with Crippen LogP contribution in [0.5, 0.6) is 5.75 Å². The second kappa shape index (κ2) is 5.46. The molecular weight excluding hydrogens is 271 g/mol. The second-order valence-corrected chi connectivity index (χ2v) is 4.78. The molecule has 0 aliphatic rings. The Kier molecular flexibility index (Phi) is 3.94. The molecule has 3 nitrogen and oxygen atoms in total. The Hall–Kier alpha value is -1.45. The van der Waals surface area contributed by atoms with Gasteiger partial charge < -0.3 is 10.4 Å². The van der Waals surface area contributed by atoms with Gasteiger partial charge in [0.25, 0.3) is 0 Å². The van der Waals surface area contributed by atoms with Crippen molar-refractivity contribution in [1.82, 2.24) is 4.98 Å². The summed E-state index contributed by atoms with van der Waals surface area (Å²) in [4.78, 5) is 4.28. The van der Waals surface area contributed by atoms with Gasteiger partial charge in [-0.05, 0) is 30.7 Å². The highest BCUT2D eigenvalue weighted by atomic mass is 35.5. The number of halogens is 2. The van der Waals surface area contributed by atoms with E-state index >= 15 is 0 Å². The fourth-order valence-corrected chi connectivity index (χ4v) is 1.95. The van der Waals surface area contributed by atoms with E-state index in [1.807, 2.05) is 25.3 Å². The largest absolute Gasteiger partial charge is 0.505 e. The van der Waals surface area contributed by atoms with Gasteiger partial charge in [0.2, 0.25) is 0 Å². The quantitative estimate of drug-likeness (QED) is 0.836. The molecule has 0 aliphatic heterocycles. The van der Waals surface area contributed by atoms with E-state index in [4.69, 9.17) is 23.2 Å². The summed E-state index contributed by atoms with van der Waals surface area (Å²) in [5, 5.41) is 13.0. The number of aromatic nitrogens is 1. The van der Waals surface area contributed by atoms with Crippen LogP contribution in [0.15, 0.2) is 30.5 Å². The first-order chi connectivity index (χ1) is 8.56. The van der Waals surface area contributed by atoms with Crippen LogP contribution in [0.4, 0.5) is 5.69 Å². The maximum atomic E-state index is 9.44. The first-order valence-electron chi connectivity index (χ1n) is 5.39. The van der Waals surface area contributed by atoms with Crippen LogP contribution in [0.3, 0.4) is 0 Å². The second-order valence-electron chi connectivity index (χ2n) is 3.97. The van der Waals surface area contributed by atoms with Gasteiger partial charge >= 0.3 is 0 Å². The molecule has 0 unspecified atom stereocenters. The molecular formula is C13H12Cl2N2O. The van der Waals surface area contributed by atoms with E-state index < -0.39 is 0 Å². The molecule has 18 heavy (non-hydrogen) atoms. The zero-order chi connectivity index (χ0) is 13.1. The summed E-state index contributed by atoms with van der Waals surface area (Å²) in [5.74, 6) is -0.0997. The number of aromatic hydroxyl groups is 1. The summed E-state index contributed by atoms with van der Waals surface area (Å²) >= 11 is 11.7. The molecule has 0 amide bonds. The number of nitrogens with one attached hydrogen (secondary N) is 1. The fourth-order valence-electron chi connectivity index (χ4n) is 1.46. The Morgan fingerprint density at radius 1 is 1.22 bits per heavy atom. The van der Waals surface area contributed by atoms with E-state index in [1.165, 1.54) is 0 Å². The van der Waals surface area contributed by atoms with E-state index in [0.29, 0.717) is 6.54 Å². The maximum absolute atomic E-state index is 9.44. The number of rotatable bonds is 3. The summed E-state index contributed by atoms with van der Waals surface area (Å²) in [6.45, 7) is 2.56. The van der Waals surface area contributed by atoms with Crippen molar-refractivity contribution in [1.29, 1.82) is 0 Å². The zero-order valence-corrected chi connectivity index (χ0v) is 11.3. The molecule has 94 valence electrons. The number of hydrogen-bond acceptors (Lipinski definition) is 3. The van der Waals surface area contributed by atoms with Crippen molar-refractivity contribution in [3.05, 3.63) is 51.8 Å². The van der Waals surface area contributed by atoms with Crippen LogP contribution >= 0.6 is 23.2 Å². The van der Waals surface area contributed by atoms with Crippen molar-refractivity contribution in [2.75, 3.05) is 5.32 Å². The molecule has 0 fully saturated rings. The lowest BCUT2D eigenvalue weighted by Crippen LogP contribution is -2.01. The molecule has 0 aliphatic carbocycles. The maximum Gasteiger partial charge on any atom is 0.152 e. The molecule has 1 heterocycles. The highest BCUT2D eigenvalue weighted by Crippen LogP contribution is 2.34. The monoisotopic (exact) mass is 282 g/mol. The van der Waals surface area contributed by atoms with Gasteiger partial charge in [-0.1, -0.05) is 29.3 Å². The van der Waals surface area contributed by atoms with E-state index in [1.54, 1.807) is 12.1 Å². The molecule has 0 spiro atoms. The minimum Gasteiger partial charge on any atom is -0.505 e. The molecule has 0 radical (unpaired) electrons. The summed E-state index contributed by atoms with van der Waals surface area (Å²) in [7, 11) is 0. The smallest absolute Gasteiger partial charge is 0.152 e. The molecule has 0 bridgehead atoms. The first kappa shape index (κ1) is 13.0. The molecule has 2 rings (SSSR count). The Morgan fingerprint density at radius 2 is 1.89 bits per heavy atom. The minimum absolute atomic E-state index is 0.0997. The fraction of sp³-hybridized carbons (Fsp3) is 0.154. The SMILES string of the molecule is Cc1ccc(CNc2cc(Cl)c(O)c(Cl)c2)nc1. The molecule has 0 saturated carbocycles. The lowest BCUT2D eigenvalue weighted by molar-refractivity contribution is 0.476. The number of aryl methyl sites for hydroxylation is 1. The molecule has 0 saturated heterocycles. The van der Waals surface area contributed by atoms with Crippen molar-refractivity contribution >= 4 is 28.9 Å². The Morgan fingerprint density at radius 3 is 2.44 bits per heavy atom. The van der Waals surface area contributed by atoms with Gasteiger partial charge in [-0.25, -0.2) is 0 Å². The third-order valence-corrected chi connectivity index (χ3v) is 3.04. The van der Waals surface area contributed by atoms with Gasteiger partial charge in [-0.2, -0.15) is 0 Å². The van der Waals surface area contributed by atoms with Crippen LogP contribution in [-0.4, -0.2) is 10.1 Å². The van der Waals surface area contributed by atoms with Gasteiger partial charge in [0.05, 0.1) is 22.3 Å². The molecule has 5 heteroatoms. The molecule has 2 aromatic rings. The average molecular weight is 283 g/mol. The number of nitrogens with zero attached hydrogens (tertiary/aromatic N) is 1. The normalized spacial score (nSPS) is 10.4. The van der Waals surface area contributed by atoms with Crippen LogP contribution in [0.25, 0.3) is 0 Å². The number of pyridine rings is 1. The van der Waals surface area contributed by atoms with E-state index in [2.05, 4.69) is 10.3 Å². The lowest BCUT2D eigenvalue weighted by atomic mass is 10.2. The number of hydrogen-bond donors (Lipinski definition) is 2. The summed E-state index contributed by atoms with van der Waals surface area (Å²) in [5.41, 5.74) is 2.78. The van der Waals surface area contributed by atoms with E-state index in [0.717, 1.165) is 16.9 Å². The van der Waals surface area contributed by atoms with Gasteiger partial charge in [0.15, 0.2) is 5.75 Å². The van der Waals surface area contributed by atoms with Gasteiger partial charge in [0.1, 0.15) is 0 Å². The van der Waals surface area contributed by atoms with Crippen molar-refractivity contribution in [3.63, 3.8) is 0 Å². The molecule has 1 aromatic heterocycles. The van der Waals surface area contributed by atoms with Gasteiger partial charge in [-0.3, -0.25) is 4.98 Å². The minimum atomic E-state index is -0.0997. The average Bonchev–Trinajstić information content (AvgIpc) is 2.35. The summed E-state index contributed by atoms with van der Waals surface area (Å²) < 4.78 is 0. The van der Waals surface area contributed by atoms with Crippen LogP contribution < -0.4 is 5.32 Å². The third-order valence-electron chi connectivity index (χ3n) is 2.46. The standard InChI is InChI=1S/C13H12Cl2N2O/c1-8-2-3-9(16-6-8)7-17-10-4-11(14)13(18)12(15)5-10/h2-6,17-18H,7H2,1H3. The van der Waals surface area contributed by atoms with E-state index in [9.17, 15) is 5.11 Å². The predicted octanol–water partition coefficient (Wildman–Crippen LogP) is 4.01. The van der Waals surface area contributed by atoms with Gasteiger partial charge in [0, 0.05) is 11.9 Å². The zero-order valence-electron chi connectivity index (χ0n) is 9.74. The van der Waals surface area contributed by atoms with Crippen molar-refractivity contribution in [2.24, 2.45) is 0 Å². The third kappa shape index (κ3) is 3.06. The summed E-state index contributed by atoms with van der Waals surface area (Å²) in [6.07, 6.45) is 1.81. The number of benzene rings is 1. The molecule has 2 N–H and O–H groups in total. The number of phenolic OH excluding ortho intramolecular Hbond substituents is 1. The topological polar surface area (TPSA) is 45.1 Å². The number of anilines is 1. The highest BCUT2D eigenvalue weighted by Gasteiger charge is 2.06. The number of phenols is 1. The first-order valence-corrected chi connectivity index (χ1v) is 6.15. The van der Waals surface area contributed by atoms with Crippen molar-refractivity contribution in [2.45, 2.75) is 13.5 Å². The molecule has 1 aromatic carbocycles. The summed E-state index contributed by atoms with van der Waals surface area (Å²) in [6, 6.07) is 7.20. The Balaban J connectivity index is 2.08. The predicted molar refractivity (Wildman–Crippen MR) is 74.4 cm³/mol. The van der Waals surface area contributed by atoms with Crippen molar-refractivity contribution < 1.29 is 5.11 Å². The van der Waals surface area contributed by atoms with Crippen molar-refractivity contribution in [3.8, 4) is 5.75 Å². The Labute approximate surface area is 115 Å². The van der Waals surface area contributed by atoms with Crippen LogP contribution in [0.1, 0.15) is 11.3 Å². The van der Waals surface area contributed by atoms with Crippen LogP contribution in [-0.2, 0) is 6.54 Å². The molecule has 0 atom stereocenters. The van der Waals surface area contributed by atoms with Crippen LogP contribution in [0, 0.1) is 6.92 Å². The Bertz CT molecular complexity index is 532.